The zero-order chi connectivity index (χ0) is 36.6. The normalized spacial score (nSPS) is 24.4. The molecule has 2 saturated heterocycles. The van der Waals surface area contributed by atoms with E-state index in [9.17, 15) is 14.7 Å². The third kappa shape index (κ3) is 6.86. The molecule has 1 saturated carbocycles. The predicted molar refractivity (Wildman–Crippen MR) is 210 cm³/mol. The maximum Gasteiger partial charge on any atom is 0.261 e. The zero-order valence-electron chi connectivity index (χ0n) is 30.9. The second kappa shape index (κ2) is 15.1. The lowest BCUT2D eigenvalue weighted by Gasteiger charge is -2.44. The smallest absolute Gasteiger partial charge is 0.261 e. The molecule has 6 nitrogen and oxygen atoms in total. The lowest BCUT2D eigenvalue weighted by atomic mass is 9.69. The molecule has 2 heterocycles. The van der Waals surface area contributed by atoms with Gasteiger partial charge in [-0.2, -0.15) is 0 Å². The van der Waals surface area contributed by atoms with Crippen molar-refractivity contribution < 1.29 is 23.9 Å². The molecule has 2 amide bonds. The number of ether oxygens (including phenoxy) is 1. The summed E-state index contributed by atoms with van der Waals surface area (Å²) in [5.41, 5.74) is 4.33. The fourth-order valence-corrected chi connectivity index (χ4v) is 14.4. The van der Waals surface area contributed by atoms with Crippen molar-refractivity contribution in [3.8, 4) is 5.75 Å². The van der Waals surface area contributed by atoms with E-state index >= 15 is 0 Å². The van der Waals surface area contributed by atoms with E-state index in [0.717, 1.165) is 55.2 Å². The standard InChI is InChI=1S/C44H52ClNO5Si/c1-29(24-30-21-22-33(47)26-38(30)45)20-23-39-40-31(25-36-41(37(40)28-50-39)43(49)46(42(36)48)32-14-8-5-9-15-32)27-51-52(44(2,3)4,34-16-10-6-11-17-34)35-18-12-7-13-19-35/h6-7,10-13,16-19,21-22,24,26,32,36-37,39,41,47H,5,8-9,14-15,20,23,25,27-28H2,1-4H3/b29-24+/t36-,37+,39-,41-/m1/s1. The van der Waals surface area contributed by atoms with Gasteiger partial charge >= 0.3 is 0 Å². The molecule has 3 aromatic rings. The Morgan fingerprint density at radius 1 is 0.942 bits per heavy atom. The molecule has 2 aliphatic heterocycles. The number of imide groups is 1. The van der Waals surface area contributed by atoms with Gasteiger partial charge in [-0.3, -0.25) is 14.5 Å². The first-order valence-electron chi connectivity index (χ1n) is 19.1. The molecule has 3 fully saturated rings. The number of carbonyl (C=O) groups excluding carboxylic acids is 2. The number of allylic oxidation sites excluding steroid dienone is 1. The molecule has 7 rings (SSSR count). The van der Waals surface area contributed by atoms with Gasteiger partial charge in [0, 0.05) is 12.0 Å². The van der Waals surface area contributed by atoms with Gasteiger partial charge in [0.05, 0.1) is 36.2 Å². The molecule has 4 aliphatic rings. The van der Waals surface area contributed by atoms with E-state index in [2.05, 4.69) is 94.4 Å². The van der Waals surface area contributed by atoms with Crippen LogP contribution in [-0.2, 0) is 18.8 Å². The van der Waals surface area contributed by atoms with Crippen molar-refractivity contribution in [1.29, 1.82) is 0 Å². The van der Waals surface area contributed by atoms with Crippen LogP contribution < -0.4 is 10.4 Å². The SMILES string of the molecule is C/C(=C\c1ccc(O)cc1Cl)CC[C@H]1OC[C@H]2C1=C(CO[Si](c1ccccc1)(c1ccccc1)C(C)(C)C)C[C@H]1C(=O)N(C3CCCCC3)C(=O)[C@H]12. The van der Waals surface area contributed by atoms with Crippen molar-refractivity contribution in [2.45, 2.75) is 96.2 Å². The van der Waals surface area contributed by atoms with Crippen LogP contribution in [0.25, 0.3) is 6.08 Å². The Kier molecular flexibility index (Phi) is 10.7. The minimum absolute atomic E-state index is 0.0110. The minimum atomic E-state index is -2.87. The van der Waals surface area contributed by atoms with Crippen molar-refractivity contribution in [2.75, 3.05) is 13.2 Å². The van der Waals surface area contributed by atoms with Gasteiger partial charge in [0.25, 0.3) is 8.32 Å². The first-order valence-corrected chi connectivity index (χ1v) is 21.4. The molecule has 0 radical (unpaired) electrons. The van der Waals surface area contributed by atoms with E-state index in [4.69, 9.17) is 20.8 Å². The van der Waals surface area contributed by atoms with Gasteiger partial charge in [0.2, 0.25) is 11.8 Å². The lowest BCUT2D eigenvalue weighted by molar-refractivity contribution is -0.143. The number of fused-ring (bicyclic) bond motifs is 3. The van der Waals surface area contributed by atoms with Gasteiger partial charge < -0.3 is 14.3 Å². The van der Waals surface area contributed by atoms with Gasteiger partial charge in [-0.25, -0.2) is 0 Å². The second-order valence-corrected chi connectivity index (χ2v) is 21.1. The molecular weight excluding hydrogens is 686 g/mol. The fourth-order valence-electron chi connectivity index (χ4n) is 9.62. The number of nitrogens with zero attached hydrogens (tertiary/aromatic N) is 1. The Morgan fingerprint density at radius 3 is 2.21 bits per heavy atom. The minimum Gasteiger partial charge on any atom is -0.508 e. The molecule has 0 spiro atoms. The molecule has 0 bridgehead atoms. The van der Waals surface area contributed by atoms with E-state index in [1.165, 1.54) is 22.4 Å². The first kappa shape index (κ1) is 36.8. The summed E-state index contributed by atoms with van der Waals surface area (Å²) in [4.78, 5) is 30.3. The molecule has 3 aromatic carbocycles. The third-order valence-electron chi connectivity index (χ3n) is 12.0. The van der Waals surface area contributed by atoms with Gasteiger partial charge in [0.1, 0.15) is 5.75 Å². The predicted octanol–water partition coefficient (Wildman–Crippen LogP) is 8.45. The summed E-state index contributed by atoms with van der Waals surface area (Å²) in [5.74, 6) is -0.722. The van der Waals surface area contributed by atoms with Gasteiger partial charge in [-0.05, 0) is 89.3 Å². The number of phenols is 1. The Labute approximate surface area is 315 Å². The second-order valence-electron chi connectivity index (χ2n) is 16.3. The van der Waals surface area contributed by atoms with Crippen LogP contribution >= 0.6 is 11.6 Å². The quantitative estimate of drug-likeness (QED) is 0.128. The molecule has 274 valence electrons. The van der Waals surface area contributed by atoms with Crippen LogP contribution in [0.4, 0.5) is 0 Å². The topological polar surface area (TPSA) is 76.1 Å². The number of amides is 2. The van der Waals surface area contributed by atoms with Crippen molar-refractivity contribution in [2.24, 2.45) is 17.8 Å². The third-order valence-corrected chi connectivity index (χ3v) is 17.4. The molecule has 2 aliphatic carbocycles. The van der Waals surface area contributed by atoms with E-state index in [-0.39, 0.29) is 52.5 Å². The highest BCUT2D eigenvalue weighted by molar-refractivity contribution is 6.99. The lowest BCUT2D eigenvalue weighted by Crippen LogP contribution is -2.66. The molecule has 1 N–H and O–H groups in total. The zero-order valence-corrected chi connectivity index (χ0v) is 32.7. The average molecular weight is 738 g/mol. The highest BCUT2D eigenvalue weighted by Gasteiger charge is 2.59. The van der Waals surface area contributed by atoms with E-state index in [1.54, 1.807) is 17.0 Å². The molecule has 52 heavy (non-hydrogen) atoms. The average Bonchev–Trinajstić information content (AvgIpc) is 3.67. The van der Waals surface area contributed by atoms with Gasteiger partial charge in [-0.1, -0.05) is 124 Å². The molecule has 8 heteroatoms. The van der Waals surface area contributed by atoms with Gasteiger partial charge in [-0.15, -0.1) is 0 Å². The van der Waals surface area contributed by atoms with Crippen molar-refractivity contribution in [1.82, 2.24) is 4.90 Å². The summed E-state index contributed by atoms with van der Waals surface area (Å²) in [6.45, 7) is 9.78. The van der Waals surface area contributed by atoms with E-state index < -0.39 is 8.32 Å². The number of carbonyl (C=O) groups is 2. The maximum atomic E-state index is 14.3. The molecule has 0 aromatic heterocycles. The van der Waals surface area contributed by atoms with Gasteiger partial charge in [0.15, 0.2) is 0 Å². The number of phenolic OH excluding ortho intramolecular Hbond substituents is 1. The summed E-state index contributed by atoms with van der Waals surface area (Å²) >= 11 is 6.44. The number of likely N-dealkylation sites (tertiary alicyclic amines) is 1. The maximum absolute atomic E-state index is 14.3. The molecule has 4 atom stereocenters. The van der Waals surface area contributed by atoms with Crippen LogP contribution in [0, 0.1) is 17.8 Å². The van der Waals surface area contributed by atoms with Crippen LogP contribution in [0.3, 0.4) is 0 Å². The number of hydrogen-bond acceptors (Lipinski definition) is 5. The largest absolute Gasteiger partial charge is 0.508 e. The summed E-state index contributed by atoms with van der Waals surface area (Å²) in [7, 11) is -2.87. The summed E-state index contributed by atoms with van der Waals surface area (Å²) in [6, 6.07) is 26.4. The molecular formula is C44H52ClNO5Si. The first-order chi connectivity index (χ1) is 25.0. The van der Waals surface area contributed by atoms with Crippen molar-refractivity contribution in [3.05, 3.63) is 106 Å². The monoisotopic (exact) mass is 737 g/mol. The summed E-state index contributed by atoms with van der Waals surface area (Å²) in [6.07, 6.45) is 9.05. The number of benzene rings is 3. The van der Waals surface area contributed by atoms with Crippen LogP contribution in [0.2, 0.25) is 10.1 Å². The van der Waals surface area contributed by atoms with E-state index in [1.807, 2.05) is 6.07 Å². The summed E-state index contributed by atoms with van der Waals surface area (Å²) in [5, 5.41) is 12.6. The van der Waals surface area contributed by atoms with Crippen molar-refractivity contribution >= 4 is 48.2 Å². The van der Waals surface area contributed by atoms with E-state index in [0.29, 0.717) is 24.7 Å². The highest BCUT2D eigenvalue weighted by atomic mass is 35.5. The Hall–Kier alpha value is -3.49. The van der Waals surface area contributed by atoms with Crippen LogP contribution in [0.5, 0.6) is 5.75 Å². The number of aromatic hydroxyl groups is 1. The molecule has 0 unspecified atom stereocenters. The number of rotatable bonds is 10. The number of hydrogen-bond donors (Lipinski definition) is 1. The van der Waals surface area contributed by atoms with Crippen LogP contribution in [-0.4, -0.2) is 55.5 Å². The Morgan fingerprint density at radius 2 is 1.60 bits per heavy atom. The van der Waals surface area contributed by atoms with Crippen molar-refractivity contribution in [3.63, 3.8) is 0 Å². The Balaban J connectivity index is 1.25. The number of halogens is 1. The van der Waals surface area contributed by atoms with Crippen LogP contribution in [0.15, 0.2) is 95.6 Å². The summed E-state index contributed by atoms with van der Waals surface area (Å²) < 4.78 is 14.2. The highest BCUT2D eigenvalue weighted by Crippen LogP contribution is 2.51. The fraction of sp³-hybridized carbons (Fsp3) is 0.455. The van der Waals surface area contributed by atoms with Crippen LogP contribution in [0.1, 0.15) is 84.6 Å². The Bertz CT molecular complexity index is 1810.